The van der Waals surface area contributed by atoms with E-state index in [4.69, 9.17) is 4.74 Å². The number of hydrogen-bond acceptors (Lipinski definition) is 5. The number of anilines is 1. The molecular weight excluding hydrogens is 258 g/mol. The van der Waals surface area contributed by atoms with Gasteiger partial charge < -0.3 is 10.1 Å². The lowest BCUT2D eigenvalue weighted by Gasteiger charge is -2.12. The van der Waals surface area contributed by atoms with Crippen LogP contribution in [-0.4, -0.2) is 17.3 Å². The second kappa shape index (κ2) is 5.57. The van der Waals surface area contributed by atoms with Gasteiger partial charge in [-0.1, -0.05) is 44.2 Å². The Balaban J connectivity index is 1.96. The number of nitrogens with one attached hydrogen (secondary N) is 1. The Hall–Kier alpha value is -1.62. The van der Waals surface area contributed by atoms with Crippen LogP contribution >= 0.6 is 11.3 Å². The van der Waals surface area contributed by atoms with Crippen molar-refractivity contribution < 1.29 is 4.74 Å². The van der Waals surface area contributed by atoms with Gasteiger partial charge in [0.05, 0.1) is 7.11 Å². The summed E-state index contributed by atoms with van der Waals surface area (Å²) in [5.74, 6) is 0.870. The largest absolute Gasteiger partial charge is 0.497 e. The fraction of sp³-hybridized carbons (Fsp3) is 0.429. The molecule has 0 saturated heterocycles. The number of nitrogens with zero attached hydrogens (tertiary/aromatic N) is 2. The molecule has 1 aromatic carbocycles. The molecule has 0 saturated carbocycles. The Bertz CT molecular complexity index is 528. The first-order valence-corrected chi connectivity index (χ1v) is 7.01. The van der Waals surface area contributed by atoms with E-state index in [0.29, 0.717) is 0 Å². The maximum atomic E-state index is 5.13. The van der Waals surface area contributed by atoms with Gasteiger partial charge in [0.2, 0.25) is 5.13 Å². The van der Waals surface area contributed by atoms with Gasteiger partial charge in [-0.2, -0.15) is 0 Å². The third kappa shape index (κ3) is 3.67. The molecule has 1 N–H and O–H groups in total. The summed E-state index contributed by atoms with van der Waals surface area (Å²) in [6.45, 7) is 7.16. The van der Waals surface area contributed by atoms with Crippen LogP contribution in [0.5, 0.6) is 5.75 Å². The highest BCUT2D eigenvalue weighted by atomic mass is 32.1. The lowest BCUT2D eigenvalue weighted by Crippen LogP contribution is -2.10. The molecule has 2 aromatic rings. The summed E-state index contributed by atoms with van der Waals surface area (Å²) in [6, 6.07) is 7.99. The van der Waals surface area contributed by atoms with E-state index in [1.54, 1.807) is 18.4 Å². The zero-order chi connectivity index (χ0) is 13.9. The zero-order valence-electron chi connectivity index (χ0n) is 11.7. The number of benzene rings is 1. The lowest BCUT2D eigenvalue weighted by atomic mass is 9.98. The Morgan fingerprint density at radius 2 is 1.84 bits per heavy atom. The fourth-order valence-electron chi connectivity index (χ4n) is 1.52. The number of hydrogen-bond donors (Lipinski definition) is 1. The summed E-state index contributed by atoms with van der Waals surface area (Å²) in [6.07, 6.45) is 0. The van der Waals surface area contributed by atoms with Crippen molar-refractivity contribution in [3.63, 3.8) is 0 Å². The van der Waals surface area contributed by atoms with Crippen LogP contribution < -0.4 is 10.1 Å². The SMILES string of the molecule is COc1ccc(CNc2nnc(C(C)(C)C)s2)cc1. The van der Waals surface area contributed by atoms with Crippen molar-refractivity contribution in [2.24, 2.45) is 0 Å². The van der Waals surface area contributed by atoms with Crippen molar-refractivity contribution in [3.8, 4) is 5.75 Å². The average molecular weight is 277 g/mol. The number of rotatable bonds is 4. The molecule has 102 valence electrons. The van der Waals surface area contributed by atoms with Crippen LogP contribution in [0.15, 0.2) is 24.3 Å². The molecule has 0 aliphatic heterocycles. The molecule has 5 heteroatoms. The van der Waals surface area contributed by atoms with Crippen LogP contribution in [0.25, 0.3) is 0 Å². The predicted octanol–water partition coefficient (Wildman–Crippen LogP) is 3.46. The van der Waals surface area contributed by atoms with E-state index < -0.39 is 0 Å². The summed E-state index contributed by atoms with van der Waals surface area (Å²) in [5, 5.41) is 13.6. The molecule has 19 heavy (non-hydrogen) atoms. The van der Waals surface area contributed by atoms with E-state index in [-0.39, 0.29) is 5.41 Å². The Kier molecular flexibility index (Phi) is 4.04. The van der Waals surface area contributed by atoms with Crippen molar-refractivity contribution in [1.29, 1.82) is 0 Å². The Morgan fingerprint density at radius 1 is 1.16 bits per heavy atom. The number of ether oxygens (including phenoxy) is 1. The molecule has 0 atom stereocenters. The molecule has 2 rings (SSSR count). The molecule has 4 nitrogen and oxygen atoms in total. The van der Waals surface area contributed by atoms with Gasteiger partial charge in [-0.3, -0.25) is 0 Å². The lowest BCUT2D eigenvalue weighted by molar-refractivity contribution is 0.414. The van der Waals surface area contributed by atoms with Crippen LogP contribution in [0, 0.1) is 0 Å². The normalized spacial score (nSPS) is 11.4. The first-order chi connectivity index (χ1) is 8.99. The molecule has 0 spiro atoms. The fourth-order valence-corrected chi connectivity index (χ4v) is 2.32. The van der Waals surface area contributed by atoms with E-state index in [2.05, 4.69) is 36.3 Å². The zero-order valence-corrected chi connectivity index (χ0v) is 12.5. The number of methoxy groups -OCH3 is 1. The third-order valence-electron chi connectivity index (χ3n) is 2.67. The standard InChI is InChI=1S/C14H19N3OS/c1-14(2,3)12-16-17-13(19-12)15-9-10-5-7-11(18-4)8-6-10/h5-8H,9H2,1-4H3,(H,15,17). The van der Waals surface area contributed by atoms with Gasteiger partial charge in [0.1, 0.15) is 10.8 Å². The molecule has 0 aliphatic rings. The highest BCUT2D eigenvalue weighted by molar-refractivity contribution is 7.15. The molecule has 1 heterocycles. The quantitative estimate of drug-likeness (QED) is 0.929. The minimum atomic E-state index is 0.0533. The van der Waals surface area contributed by atoms with Gasteiger partial charge in [-0.25, -0.2) is 0 Å². The van der Waals surface area contributed by atoms with E-state index in [0.717, 1.165) is 22.4 Å². The molecular formula is C14H19N3OS. The second-order valence-corrected chi connectivity index (χ2v) is 6.34. The first kappa shape index (κ1) is 13.8. The van der Waals surface area contributed by atoms with Crippen molar-refractivity contribution in [1.82, 2.24) is 10.2 Å². The summed E-state index contributed by atoms with van der Waals surface area (Å²) in [4.78, 5) is 0. The van der Waals surface area contributed by atoms with Gasteiger partial charge >= 0.3 is 0 Å². The molecule has 0 bridgehead atoms. The van der Waals surface area contributed by atoms with Crippen molar-refractivity contribution in [3.05, 3.63) is 34.8 Å². The van der Waals surface area contributed by atoms with Gasteiger partial charge in [-0.15, -0.1) is 10.2 Å². The molecule has 0 radical (unpaired) electrons. The van der Waals surface area contributed by atoms with Gasteiger partial charge in [0, 0.05) is 12.0 Å². The van der Waals surface area contributed by atoms with Gasteiger partial charge in [0.25, 0.3) is 0 Å². The maximum Gasteiger partial charge on any atom is 0.205 e. The molecule has 0 unspecified atom stereocenters. The van der Waals surface area contributed by atoms with Gasteiger partial charge in [-0.05, 0) is 17.7 Å². The Labute approximate surface area is 117 Å². The van der Waals surface area contributed by atoms with Crippen molar-refractivity contribution in [2.75, 3.05) is 12.4 Å². The smallest absolute Gasteiger partial charge is 0.205 e. The summed E-state index contributed by atoms with van der Waals surface area (Å²) < 4.78 is 5.13. The highest BCUT2D eigenvalue weighted by Gasteiger charge is 2.19. The van der Waals surface area contributed by atoms with Crippen LogP contribution in [0.1, 0.15) is 31.3 Å². The molecule has 0 amide bonds. The van der Waals surface area contributed by atoms with Crippen molar-refractivity contribution >= 4 is 16.5 Å². The minimum absolute atomic E-state index is 0.0533. The molecule has 0 fully saturated rings. The maximum absolute atomic E-state index is 5.13. The monoisotopic (exact) mass is 277 g/mol. The van der Waals surface area contributed by atoms with E-state index in [1.165, 1.54) is 5.56 Å². The van der Waals surface area contributed by atoms with Crippen LogP contribution in [0.2, 0.25) is 0 Å². The average Bonchev–Trinajstić information content (AvgIpc) is 2.86. The number of aromatic nitrogens is 2. The Morgan fingerprint density at radius 3 is 2.37 bits per heavy atom. The first-order valence-electron chi connectivity index (χ1n) is 6.20. The van der Waals surface area contributed by atoms with Crippen LogP contribution in [-0.2, 0) is 12.0 Å². The van der Waals surface area contributed by atoms with Crippen molar-refractivity contribution in [2.45, 2.75) is 32.7 Å². The van der Waals surface area contributed by atoms with Crippen LogP contribution in [0.3, 0.4) is 0 Å². The topological polar surface area (TPSA) is 47.0 Å². The van der Waals surface area contributed by atoms with E-state index in [9.17, 15) is 0 Å². The molecule has 1 aromatic heterocycles. The highest BCUT2D eigenvalue weighted by Crippen LogP contribution is 2.27. The summed E-state index contributed by atoms with van der Waals surface area (Å²) in [7, 11) is 1.67. The third-order valence-corrected chi connectivity index (χ3v) is 3.98. The van der Waals surface area contributed by atoms with Gasteiger partial charge in [0.15, 0.2) is 0 Å². The van der Waals surface area contributed by atoms with Crippen LogP contribution in [0.4, 0.5) is 5.13 Å². The summed E-state index contributed by atoms with van der Waals surface area (Å²) in [5.41, 5.74) is 1.24. The minimum Gasteiger partial charge on any atom is -0.497 e. The second-order valence-electron chi connectivity index (χ2n) is 5.36. The predicted molar refractivity (Wildman–Crippen MR) is 78.9 cm³/mol. The molecule has 0 aliphatic carbocycles. The summed E-state index contributed by atoms with van der Waals surface area (Å²) >= 11 is 1.61. The van der Waals surface area contributed by atoms with E-state index >= 15 is 0 Å². The van der Waals surface area contributed by atoms with E-state index in [1.807, 2.05) is 24.3 Å².